The van der Waals surface area contributed by atoms with Crippen molar-refractivity contribution in [1.29, 1.82) is 0 Å². The summed E-state index contributed by atoms with van der Waals surface area (Å²) in [6, 6.07) is 10.3. The summed E-state index contributed by atoms with van der Waals surface area (Å²) in [5.41, 5.74) is 2.29. The Kier molecular flexibility index (Phi) is 2.65. The van der Waals surface area contributed by atoms with Crippen LogP contribution in [0.15, 0.2) is 42.5 Å². The molecule has 0 aliphatic heterocycles. The Labute approximate surface area is 105 Å². The number of aromatic nitrogens is 1. The molecule has 1 unspecified atom stereocenters. The first-order valence-electron chi connectivity index (χ1n) is 5.75. The van der Waals surface area contributed by atoms with Crippen LogP contribution in [0.3, 0.4) is 0 Å². The normalized spacial score (nSPS) is 17.8. The van der Waals surface area contributed by atoms with Gasteiger partial charge in [-0.2, -0.15) is 0 Å². The third kappa shape index (κ3) is 2.08. The minimum atomic E-state index is 0.497. The van der Waals surface area contributed by atoms with E-state index < -0.39 is 0 Å². The lowest BCUT2D eigenvalue weighted by molar-refractivity contribution is 0.953. The summed E-state index contributed by atoms with van der Waals surface area (Å²) in [6.07, 6.45) is 8.72. The van der Waals surface area contributed by atoms with Crippen molar-refractivity contribution in [1.82, 2.24) is 4.98 Å². The Balaban J connectivity index is 2.05. The monoisotopic (exact) mass is 239 g/mol. The molecule has 0 saturated carbocycles. The first-order chi connectivity index (χ1) is 8.33. The van der Waals surface area contributed by atoms with Crippen LogP contribution < -0.4 is 0 Å². The molecule has 17 heavy (non-hydrogen) atoms. The second-order valence-electron chi connectivity index (χ2n) is 4.21. The largest absolute Gasteiger partial charge is 0.236 e. The molecule has 0 N–H and O–H groups in total. The van der Waals surface area contributed by atoms with Gasteiger partial charge in [0.25, 0.3) is 0 Å². The van der Waals surface area contributed by atoms with Gasteiger partial charge in [0.15, 0.2) is 0 Å². The molecule has 0 bridgehead atoms. The molecule has 0 saturated heterocycles. The first kappa shape index (κ1) is 10.5. The highest BCUT2D eigenvalue weighted by Crippen LogP contribution is 2.31. The second-order valence-corrected chi connectivity index (χ2v) is 5.24. The number of benzene rings is 1. The molecular weight excluding hydrogens is 226 g/mol. The van der Waals surface area contributed by atoms with Crippen LogP contribution in [-0.2, 0) is 0 Å². The van der Waals surface area contributed by atoms with Crippen molar-refractivity contribution in [2.24, 2.45) is 5.92 Å². The first-order valence-corrected chi connectivity index (χ1v) is 6.57. The third-order valence-electron chi connectivity index (χ3n) is 2.81. The smallest absolute Gasteiger partial charge is 0.124 e. The summed E-state index contributed by atoms with van der Waals surface area (Å²) in [6.45, 7) is 2.18. The number of nitrogens with zero attached hydrogens (tertiary/aromatic N) is 1. The molecule has 1 aromatic carbocycles. The number of allylic oxidation sites excluding steroid dienone is 2. The molecule has 84 valence electrons. The fourth-order valence-corrected chi connectivity index (χ4v) is 2.80. The fraction of sp³-hybridized carbons (Fsp3) is 0.133. The minimum Gasteiger partial charge on any atom is -0.236 e. The van der Waals surface area contributed by atoms with Crippen molar-refractivity contribution in [3.8, 4) is 10.6 Å². The van der Waals surface area contributed by atoms with Gasteiger partial charge in [0.05, 0.1) is 10.6 Å². The molecule has 0 spiro atoms. The van der Waals surface area contributed by atoms with Crippen molar-refractivity contribution in [2.75, 3.05) is 0 Å². The number of thiazole rings is 1. The highest BCUT2D eigenvalue weighted by molar-refractivity contribution is 7.16. The molecule has 3 rings (SSSR count). The predicted octanol–water partition coefficient (Wildman–Crippen LogP) is 4.49. The zero-order valence-corrected chi connectivity index (χ0v) is 10.4. The van der Waals surface area contributed by atoms with Crippen LogP contribution in [0, 0.1) is 5.92 Å². The van der Waals surface area contributed by atoms with Crippen LogP contribution in [0.25, 0.3) is 22.7 Å². The SMILES string of the molecule is CC1C=Cc2nc(-c3ccccc3)sc2C=C1. The van der Waals surface area contributed by atoms with Crippen molar-refractivity contribution < 1.29 is 0 Å². The number of hydrogen-bond acceptors (Lipinski definition) is 2. The Morgan fingerprint density at radius 3 is 2.65 bits per heavy atom. The molecule has 0 amide bonds. The van der Waals surface area contributed by atoms with E-state index in [2.05, 4.69) is 55.5 Å². The van der Waals surface area contributed by atoms with Gasteiger partial charge >= 0.3 is 0 Å². The minimum absolute atomic E-state index is 0.497. The number of fused-ring (bicyclic) bond motifs is 1. The van der Waals surface area contributed by atoms with E-state index in [9.17, 15) is 0 Å². The Hall–Kier alpha value is -1.67. The van der Waals surface area contributed by atoms with Gasteiger partial charge < -0.3 is 0 Å². The molecule has 2 aromatic rings. The average molecular weight is 239 g/mol. The lowest BCUT2D eigenvalue weighted by Gasteiger charge is -1.94. The van der Waals surface area contributed by atoms with Crippen molar-refractivity contribution in [3.05, 3.63) is 53.1 Å². The van der Waals surface area contributed by atoms with Crippen LogP contribution in [0.1, 0.15) is 17.5 Å². The maximum Gasteiger partial charge on any atom is 0.124 e. The predicted molar refractivity (Wildman–Crippen MR) is 74.8 cm³/mol. The highest BCUT2D eigenvalue weighted by Gasteiger charge is 2.10. The Bertz CT molecular complexity index is 547. The van der Waals surface area contributed by atoms with E-state index in [0.717, 1.165) is 10.7 Å². The molecule has 0 fully saturated rings. The van der Waals surface area contributed by atoms with Crippen LogP contribution >= 0.6 is 11.3 Å². The van der Waals surface area contributed by atoms with Gasteiger partial charge in [0.2, 0.25) is 0 Å². The lowest BCUT2D eigenvalue weighted by Crippen LogP contribution is -1.79. The summed E-state index contributed by atoms with van der Waals surface area (Å²) in [5, 5.41) is 1.10. The van der Waals surface area contributed by atoms with Gasteiger partial charge in [0, 0.05) is 5.56 Å². The van der Waals surface area contributed by atoms with Crippen molar-refractivity contribution >= 4 is 23.5 Å². The van der Waals surface area contributed by atoms with Gasteiger partial charge in [0.1, 0.15) is 5.01 Å². The van der Waals surface area contributed by atoms with E-state index in [1.165, 1.54) is 10.4 Å². The zero-order chi connectivity index (χ0) is 11.7. The molecule has 1 heterocycles. The van der Waals surface area contributed by atoms with Crippen LogP contribution in [0.2, 0.25) is 0 Å². The topological polar surface area (TPSA) is 12.9 Å². The molecular formula is C15H13NS. The van der Waals surface area contributed by atoms with Crippen LogP contribution in [0.4, 0.5) is 0 Å². The van der Waals surface area contributed by atoms with Crippen LogP contribution in [0.5, 0.6) is 0 Å². The molecule has 2 heteroatoms. The lowest BCUT2D eigenvalue weighted by atomic mass is 10.2. The van der Waals surface area contributed by atoms with Crippen molar-refractivity contribution in [3.63, 3.8) is 0 Å². The van der Waals surface area contributed by atoms with E-state index in [1.54, 1.807) is 11.3 Å². The number of rotatable bonds is 1. The summed E-state index contributed by atoms with van der Waals surface area (Å²) in [4.78, 5) is 5.95. The second kappa shape index (κ2) is 4.30. The molecule has 0 radical (unpaired) electrons. The maximum atomic E-state index is 4.70. The fourth-order valence-electron chi connectivity index (χ4n) is 1.83. The van der Waals surface area contributed by atoms with Gasteiger partial charge in [-0.1, -0.05) is 49.4 Å². The Morgan fingerprint density at radius 1 is 1.06 bits per heavy atom. The van der Waals surface area contributed by atoms with Crippen LogP contribution in [-0.4, -0.2) is 4.98 Å². The average Bonchev–Trinajstić information content (AvgIpc) is 2.71. The molecule has 1 aromatic heterocycles. The van der Waals surface area contributed by atoms with E-state index in [0.29, 0.717) is 5.92 Å². The molecule has 1 nitrogen and oxygen atoms in total. The standard InChI is InChI=1S/C15H13NS/c1-11-7-9-13-14(10-8-11)17-15(16-13)12-5-3-2-4-6-12/h2-11H,1H3. The molecule has 1 aliphatic carbocycles. The van der Waals surface area contributed by atoms with E-state index in [1.807, 2.05) is 6.07 Å². The van der Waals surface area contributed by atoms with E-state index >= 15 is 0 Å². The molecule has 1 atom stereocenters. The van der Waals surface area contributed by atoms with Gasteiger partial charge in [-0.25, -0.2) is 4.98 Å². The summed E-state index contributed by atoms with van der Waals surface area (Å²) < 4.78 is 0. The highest BCUT2D eigenvalue weighted by atomic mass is 32.1. The van der Waals surface area contributed by atoms with Gasteiger partial charge in [-0.05, 0) is 18.1 Å². The Morgan fingerprint density at radius 2 is 1.82 bits per heavy atom. The van der Waals surface area contributed by atoms with Gasteiger partial charge in [-0.15, -0.1) is 11.3 Å². The zero-order valence-electron chi connectivity index (χ0n) is 9.63. The summed E-state index contributed by atoms with van der Waals surface area (Å²) >= 11 is 1.75. The summed E-state index contributed by atoms with van der Waals surface area (Å²) in [5.74, 6) is 0.497. The quantitative estimate of drug-likeness (QED) is 0.714. The molecule has 1 aliphatic rings. The van der Waals surface area contributed by atoms with E-state index in [4.69, 9.17) is 4.98 Å². The summed E-state index contributed by atoms with van der Waals surface area (Å²) in [7, 11) is 0. The van der Waals surface area contributed by atoms with Crippen molar-refractivity contribution in [2.45, 2.75) is 6.92 Å². The van der Waals surface area contributed by atoms with Gasteiger partial charge in [-0.3, -0.25) is 0 Å². The van der Waals surface area contributed by atoms with E-state index in [-0.39, 0.29) is 0 Å². The maximum absolute atomic E-state index is 4.70. The third-order valence-corrected chi connectivity index (χ3v) is 3.90. The number of hydrogen-bond donors (Lipinski definition) is 0.